The van der Waals surface area contributed by atoms with Crippen LogP contribution in [0.25, 0.3) is 0 Å². The molecule has 0 heterocycles. The molecule has 14 heavy (non-hydrogen) atoms. The summed E-state index contributed by atoms with van der Waals surface area (Å²) in [6.07, 6.45) is 0. The zero-order valence-electron chi connectivity index (χ0n) is 7.36. The second-order valence-corrected chi connectivity index (χ2v) is 3.46. The number of ketones is 1. The summed E-state index contributed by atoms with van der Waals surface area (Å²) in [4.78, 5) is 11.3. The van der Waals surface area contributed by atoms with Gasteiger partial charge < -0.3 is 15.3 Å². The van der Waals surface area contributed by atoms with Crippen LogP contribution in [0, 0.1) is 0 Å². The first kappa shape index (κ1) is 10.7. The van der Waals surface area contributed by atoms with Gasteiger partial charge in [-0.1, -0.05) is 0 Å². The molecule has 0 aliphatic rings. The molecule has 0 aromatic heterocycles. The Hall–Kier alpha value is -1.42. The van der Waals surface area contributed by atoms with Crippen LogP contribution in [-0.2, 0) is 0 Å². The average molecular weight is 217 g/mol. The zero-order chi connectivity index (χ0) is 10.9. The number of halogens is 1. The van der Waals surface area contributed by atoms with Crippen molar-refractivity contribution in [3.63, 3.8) is 0 Å². The Morgan fingerprint density at radius 2 is 1.86 bits per heavy atom. The highest BCUT2D eigenvalue weighted by Crippen LogP contribution is 2.37. The third-order valence-electron chi connectivity index (χ3n) is 1.76. The van der Waals surface area contributed by atoms with Crippen molar-refractivity contribution in [3.05, 3.63) is 17.7 Å². The summed E-state index contributed by atoms with van der Waals surface area (Å²) in [7, 11) is 0. The van der Waals surface area contributed by atoms with Crippen LogP contribution in [0.3, 0.4) is 0 Å². The van der Waals surface area contributed by atoms with Gasteiger partial charge in [0.1, 0.15) is 0 Å². The number of benzene rings is 1. The van der Waals surface area contributed by atoms with Gasteiger partial charge in [0.2, 0.25) is 5.75 Å². The molecule has 0 bridgehead atoms. The molecule has 5 heteroatoms. The van der Waals surface area contributed by atoms with E-state index in [1.807, 2.05) is 0 Å². The van der Waals surface area contributed by atoms with E-state index in [1.54, 1.807) is 0 Å². The highest BCUT2D eigenvalue weighted by molar-refractivity contribution is 6.34. The van der Waals surface area contributed by atoms with Crippen molar-refractivity contribution in [2.24, 2.45) is 0 Å². The number of aromatic hydroxyl groups is 3. The fourth-order valence-electron chi connectivity index (χ4n) is 0.982. The number of hydrogen-bond donors (Lipinski definition) is 3. The topological polar surface area (TPSA) is 77.8 Å². The fraction of sp³-hybridized carbons (Fsp3) is 0.222. The van der Waals surface area contributed by atoms with Crippen LogP contribution in [-0.4, -0.2) is 26.5 Å². The summed E-state index contributed by atoms with van der Waals surface area (Å²) in [5, 5.41) is 26.6. The normalized spacial score (nSPS) is 12.4. The molecule has 0 saturated carbocycles. The number of hydrogen-bond acceptors (Lipinski definition) is 4. The molecule has 1 rings (SSSR count). The van der Waals surface area contributed by atoms with Crippen LogP contribution >= 0.6 is 11.6 Å². The maximum atomic E-state index is 11.3. The van der Waals surface area contributed by atoms with Gasteiger partial charge in [0, 0.05) is 0 Å². The molecule has 0 aliphatic heterocycles. The van der Waals surface area contributed by atoms with Crippen LogP contribution in [0.5, 0.6) is 17.2 Å². The number of rotatable bonds is 2. The summed E-state index contributed by atoms with van der Waals surface area (Å²) < 4.78 is 0. The van der Waals surface area contributed by atoms with E-state index in [0.29, 0.717) is 0 Å². The second kappa shape index (κ2) is 3.75. The van der Waals surface area contributed by atoms with E-state index >= 15 is 0 Å². The molecule has 0 saturated heterocycles. The van der Waals surface area contributed by atoms with Gasteiger partial charge in [0.15, 0.2) is 17.3 Å². The minimum atomic E-state index is -0.801. The number of phenolic OH excluding ortho intramolecular Hbond substituents is 3. The van der Waals surface area contributed by atoms with E-state index in [1.165, 1.54) is 13.0 Å². The maximum Gasteiger partial charge on any atom is 0.201 e. The van der Waals surface area contributed by atoms with E-state index in [0.717, 1.165) is 6.07 Å². The summed E-state index contributed by atoms with van der Waals surface area (Å²) in [5.74, 6) is -2.36. The van der Waals surface area contributed by atoms with E-state index < -0.39 is 28.4 Å². The lowest BCUT2D eigenvalue weighted by Gasteiger charge is -2.07. The molecule has 0 amide bonds. The lowest BCUT2D eigenvalue weighted by Crippen LogP contribution is -2.10. The summed E-state index contributed by atoms with van der Waals surface area (Å²) in [5.41, 5.74) is -0.109. The van der Waals surface area contributed by atoms with Gasteiger partial charge >= 0.3 is 0 Å². The van der Waals surface area contributed by atoms with Crippen molar-refractivity contribution in [2.45, 2.75) is 12.3 Å². The minimum Gasteiger partial charge on any atom is -0.504 e. The molecule has 3 N–H and O–H groups in total. The molecule has 76 valence electrons. The Morgan fingerprint density at radius 3 is 2.36 bits per heavy atom. The van der Waals surface area contributed by atoms with Gasteiger partial charge in [-0.2, -0.15) is 0 Å². The highest BCUT2D eigenvalue weighted by atomic mass is 35.5. The van der Waals surface area contributed by atoms with E-state index in [4.69, 9.17) is 21.8 Å². The first-order valence-corrected chi connectivity index (χ1v) is 4.31. The molecule has 1 atom stereocenters. The quantitative estimate of drug-likeness (QED) is 0.399. The van der Waals surface area contributed by atoms with Crippen molar-refractivity contribution < 1.29 is 20.1 Å². The molecular formula is C9H9ClO4. The molecule has 0 fully saturated rings. The summed E-state index contributed by atoms with van der Waals surface area (Å²) in [6, 6.07) is 2.31. The predicted molar refractivity (Wildman–Crippen MR) is 51.1 cm³/mol. The van der Waals surface area contributed by atoms with Crippen LogP contribution in [0.1, 0.15) is 17.3 Å². The molecule has 1 aromatic carbocycles. The monoisotopic (exact) mass is 216 g/mol. The van der Waals surface area contributed by atoms with Crippen molar-refractivity contribution in [1.82, 2.24) is 0 Å². The van der Waals surface area contributed by atoms with Crippen LogP contribution < -0.4 is 0 Å². The van der Waals surface area contributed by atoms with E-state index in [9.17, 15) is 9.90 Å². The van der Waals surface area contributed by atoms with Crippen LogP contribution in [0.2, 0.25) is 0 Å². The van der Waals surface area contributed by atoms with Crippen molar-refractivity contribution in [1.29, 1.82) is 0 Å². The Labute approximate surface area is 85.4 Å². The van der Waals surface area contributed by atoms with Gasteiger partial charge in [-0.05, 0) is 19.1 Å². The number of phenols is 3. The number of alkyl halides is 1. The zero-order valence-corrected chi connectivity index (χ0v) is 8.12. The lowest BCUT2D eigenvalue weighted by molar-refractivity contribution is 0.0988. The third kappa shape index (κ3) is 1.75. The smallest absolute Gasteiger partial charge is 0.201 e. The Bertz CT molecular complexity index is 373. The van der Waals surface area contributed by atoms with Crippen LogP contribution in [0.4, 0.5) is 0 Å². The van der Waals surface area contributed by atoms with E-state index in [2.05, 4.69) is 0 Å². The molecule has 0 spiro atoms. The Kier molecular flexibility index (Phi) is 2.86. The van der Waals surface area contributed by atoms with Crippen molar-refractivity contribution in [2.75, 3.05) is 0 Å². The largest absolute Gasteiger partial charge is 0.504 e. The molecule has 1 aromatic rings. The predicted octanol–water partition coefficient (Wildman–Crippen LogP) is 1.61. The molecule has 1 unspecified atom stereocenters. The number of carbonyl (C=O) groups excluding carboxylic acids is 1. The van der Waals surface area contributed by atoms with Gasteiger partial charge in [-0.3, -0.25) is 4.79 Å². The van der Waals surface area contributed by atoms with Crippen molar-refractivity contribution in [3.8, 4) is 17.2 Å². The van der Waals surface area contributed by atoms with Crippen LogP contribution in [0.15, 0.2) is 12.1 Å². The first-order chi connectivity index (χ1) is 6.45. The summed E-state index contributed by atoms with van der Waals surface area (Å²) >= 11 is 5.52. The highest BCUT2D eigenvalue weighted by Gasteiger charge is 2.20. The third-order valence-corrected chi connectivity index (χ3v) is 1.95. The van der Waals surface area contributed by atoms with Gasteiger partial charge in [-0.15, -0.1) is 11.6 Å². The average Bonchev–Trinajstić information content (AvgIpc) is 2.13. The fourth-order valence-corrected chi connectivity index (χ4v) is 1.10. The number of carbonyl (C=O) groups is 1. The van der Waals surface area contributed by atoms with E-state index in [-0.39, 0.29) is 5.56 Å². The summed E-state index contributed by atoms with van der Waals surface area (Å²) in [6.45, 7) is 1.45. The molecule has 0 radical (unpaired) electrons. The van der Waals surface area contributed by atoms with Crippen molar-refractivity contribution >= 4 is 17.4 Å². The van der Waals surface area contributed by atoms with Gasteiger partial charge in [0.05, 0.1) is 10.9 Å². The standard InChI is InChI=1S/C9H9ClO4/c1-4(10)7(12)5-2-3-6(11)9(14)8(5)13/h2-4,11,13-14H,1H3. The maximum absolute atomic E-state index is 11.3. The molecular weight excluding hydrogens is 208 g/mol. The second-order valence-electron chi connectivity index (χ2n) is 2.81. The Balaban J connectivity index is 3.24. The minimum absolute atomic E-state index is 0.109. The SMILES string of the molecule is CC(Cl)C(=O)c1ccc(O)c(O)c1O. The molecule has 0 aliphatic carbocycles. The lowest BCUT2D eigenvalue weighted by atomic mass is 10.1. The molecule has 4 nitrogen and oxygen atoms in total. The van der Waals surface area contributed by atoms with Gasteiger partial charge in [-0.25, -0.2) is 0 Å². The number of Topliss-reactive ketones (excluding diaryl/α,β-unsaturated/α-hetero) is 1. The first-order valence-electron chi connectivity index (χ1n) is 3.87. The van der Waals surface area contributed by atoms with Gasteiger partial charge in [0.25, 0.3) is 0 Å². The Morgan fingerprint density at radius 1 is 1.29 bits per heavy atom.